The zero-order chi connectivity index (χ0) is 14.2. The van der Waals surface area contributed by atoms with Gasteiger partial charge in [-0.05, 0) is 51.2 Å². The minimum Gasteiger partial charge on any atom is -0.339 e. The van der Waals surface area contributed by atoms with E-state index in [-0.39, 0.29) is 0 Å². The second kappa shape index (κ2) is 8.37. The van der Waals surface area contributed by atoms with Crippen molar-refractivity contribution in [1.29, 1.82) is 0 Å². The predicted molar refractivity (Wildman–Crippen MR) is 79.5 cm³/mol. The van der Waals surface area contributed by atoms with Crippen LogP contribution in [0.4, 0.5) is 0 Å². The van der Waals surface area contributed by atoms with Gasteiger partial charge in [-0.1, -0.05) is 19.0 Å². The Labute approximate surface area is 122 Å². The molecular weight excluding hydrogens is 252 g/mol. The standard InChI is InChI=1S/C15H28N4O/c1-3-6-15-17-14(18-20-15)12-19-9-5-7-13(11-19)10-16-8-4-2/h13,16H,3-12H2,1-2H3. The SMILES string of the molecule is CCCNCC1CCCN(Cc2noc(CCC)n2)C1. The third kappa shape index (κ3) is 4.87. The summed E-state index contributed by atoms with van der Waals surface area (Å²) in [7, 11) is 0. The molecule has 1 atom stereocenters. The Morgan fingerprint density at radius 3 is 3.05 bits per heavy atom. The Morgan fingerprint density at radius 1 is 1.35 bits per heavy atom. The predicted octanol–water partition coefficient (Wildman–Crippen LogP) is 2.23. The molecule has 0 amide bonds. The van der Waals surface area contributed by atoms with Gasteiger partial charge in [0.1, 0.15) is 0 Å². The number of hydrogen-bond donors (Lipinski definition) is 1. The maximum atomic E-state index is 5.25. The fourth-order valence-corrected chi connectivity index (χ4v) is 2.81. The fourth-order valence-electron chi connectivity index (χ4n) is 2.81. The van der Waals surface area contributed by atoms with Crippen molar-refractivity contribution in [2.75, 3.05) is 26.2 Å². The highest BCUT2D eigenvalue weighted by molar-refractivity contribution is 4.88. The topological polar surface area (TPSA) is 54.2 Å². The van der Waals surface area contributed by atoms with E-state index < -0.39 is 0 Å². The molecule has 20 heavy (non-hydrogen) atoms. The molecule has 0 spiro atoms. The van der Waals surface area contributed by atoms with Crippen LogP contribution in [0.1, 0.15) is 51.2 Å². The number of aryl methyl sites for hydroxylation is 1. The average Bonchev–Trinajstić information content (AvgIpc) is 2.87. The van der Waals surface area contributed by atoms with Crippen molar-refractivity contribution in [3.63, 3.8) is 0 Å². The van der Waals surface area contributed by atoms with Crippen molar-refractivity contribution >= 4 is 0 Å². The third-order valence-corrected chi connectivity index (χ3v) is 3.80. The first-order valence-electron chi connectivity index (χ1n) is 8.06. The molecule has 0 aliphatic carbocycles. The lowest BCUT2D eigenvalue weighted by Gasteiger charge is -2.32. The summed E-state index contributed by atoms with van der Waals surface area (Å²) in [5, 5.41) is 7.62. The lowest BCUT2D eigenvalue weighted by Crippen LogP contribution is -2.39. The van der Waals surface area contributed by atoms with Crippen molar-refractivity contribution in [3.8, 4) is 0 Å². The van der Waals surface area contributed by atoms with Crippen molar-refractivity contribution in [2.24, 2.45) is 5.92 Å². The zero-order valence-electron chi connectivity index (χ0n) is 12.9. The van der Waals surface area contributed by atoms with Crippen LogP contribution >= 0.6 is 0 Å². The number of nitrogens with one attached hydrogen (secondary N) is 1. The molecule has 5 nitrogen and oxygen atoms in total. The highest BCUT2D eigenvalue weighted by Crippen LogP contribution is 2.17. The first-order valence-corrected chi connectivity index (χ1v) is 8.06. The molecule has 1 aliphatic rings. The summed E-state index contributed by atoms with van der Waals surface area (Å²) in [6, 6.07) is 0. The Hall–Kier alpha value is -0.940. The molecule has 0 radical (unpaired) electrons. The van der Waals surface area contributed by atoms with Gasteiger partial charge in [0, 0.05) is 13.0 Å². The summed E-state index contributed by atoms with van der Waals surface area (Å²) in [6.45, 7) is 9.74. The summed E-state index contributed by atoms with van der Waals surface area (Å²) < 4.78 is 5.25. The second-order valence-corrected chi connectivity index (χ2v) is 5.80. The number of hydrogen-bond acceptors (Lipinski definition) is 5. The van der Waals surface area contributed by atoms with Crippen LogP contribution in [-0.2, 0) is 13.0 Å². The molecule has 2 heterocycles. The van der Waals surface area contributed by atoms with E-state index >= 15 is 0 Å². The Morgan fingerprint density at radius 2 is 2.25 bits per heavy atom. The molecule has 1 aliphatic heterocycles. The van der Waals surface area contributed by atoms with Crippen LogP contribution < -0.4 is 5.32 Å². The van der Waals surface area contributed by atoms with Gasteiger partial charge in [-0.15, -0.1) is 0 Å². The van der Waals surface area contributed by atoms with E-state index in [1.807, 2.05) is 0 Å². The van der Waals surface area contributed by atoms with Crippen LogP contribution in [-0.4, -0.2) is 41.2 Å². The lowest BCUT2D eigenvalue weighted by molar-refractivity contribution is 0.160. The van der Waals surface area contributed by atoms with Crippen LogP contribution in [0.25, 0.3) is 0 Å². The van der Waals surface area contributed by atoms with E-state index in [0.29, 0.717) is 0 Å². The highest BCUT2D eigenvalue weighted by atomic mass is 16.5. The molecule has 5 heteroatoms. The van der Waals surface area contributed by atoms with Gasteiger partial charge in [-0.3, -0.25) is 4.90 Å². The first-order chi connectivity index (χ1) is 9.81. The van der Waals surface area contributed by atoms with Gasteiger partial charge in [-0.2, -0.15) is 4.98 Å². The van der Waals surface area contributed by atoms with E-state index in [4.69, 9.17) is 4.52 Å². The molecule has 114 valence electrons. The van der Waals surface area contributed by atoms with Gasteiger partial charge in [0.15, 0.2) is 5.82 Å². The van der Waals surface area contributed by atoms with Crippen molar-refractivity contribution in [3.05, 3.63) is 11.7 Å². The number of likely N-dealkylation sites (tertiary alicyclic amines) is 1. The normalized spacial score (nSPS) is 20.4. The molecule has 1 fully saturated rings. The Balaban J connectivity index is 1.76. The highest BCUT2D eigenvalue weighted by Gasteiger charge is 2.21. The van der Waals surface area contributed by atoms with E-state index in [1.165, 1.54) is 19.3 Å². The van der Waals surface area contributed by atoms with Gasteiger partial charge in [0.25, 0.3) is 0 Å². The number of rotatable bonds is 8. The van der Waals surface area contributed by atoms with Gasteiger partial charge < -0.3 is 9.84 Å². The van der Waals surface area contributed by atoms with Crippen LogP contribution in [0.3, 0.4) is 0 Å². The summed E-state index contributed by atoms with van der Waals surface area (Å²) in [5.41, 5.74) is 0. The van der Waals surface area contributed by atoms with E-state index in [0.717, 1.165) is 63.2 Å². The van der Waals surface area contributed by atoms with E-state index in [2.05, 4.69) is 34.2 Å². The summed E-state index contributed by atoms with van der Waals surface area (Å²) >= 11 is 0. The van der Waals surface area contributed by atoms with Crippen molar-refractivity contribution in [1.82, 2.24) is 20.4 Å². The van der Waals surface area contributed by atoms with Crippen LogP contribution in [0.5, 0.6) is 0 Å². The lowest BCUT2D eigenvalue weighted by atomic mass is 9.98. The molecule has 1 aromatic heterocycles. The van der Waals surface area contributed by atoms with Crippen LogP contribution in [0.2, 0.25) is 0 Å². The largest absolute Gasteiger partial charge is 0.339 e. The molecule has 1 unspecified atom stereocenters. The summed E-state index contributed by atoms with van der Waals surface area (Å²) in [4.78, 5) is 6.92. The molecule has 0 aromatic carbocycles. The number of piperidine rings is 1. The molecule has 0 saturated carbocycles. The minimum absolute atomic E-state index is 0.761. The molecule has 0 bridgehead atoms. The molecule has 1 aromatic rings. The smallest absolute Gasteiger partial charge is 0.226 e. The monoisotopic (exact) mass is 280 g/mol. The van der Waals surface area contributed by atoms with E-state index in [9.17, 15) is 0 Å². The zero-order valence-corrected chi connectivity index (χ0v) is 12.9. The summed E-state index contributed by atoms with van der Waals surface area (Å²) in [5.74, 6) is 2.38. The molecule has 1 N–H and O–H groups in total. The van der Waals surface area contributed by atoms with Crippen molar-refractivity contribution < 1.29 is 4.52 Å². The maximum absolute atomic E-state index is 5.25. The fraction of sp³-hybridized carbons (Fsp3) is 0.867. The van der Waals surface area contributed by atoms with Crippen LogP contribution in [0.15, 0.2) is 4.52 Å². The first kappa shape index (κ1) is 15.4. The molecule has 1 saturated heterocycles. The van der Waals surface area contributed by atoms with E-state index in [1.54, 1.807) is 0 Å². The van der Waals surface area contributed by atoms with Crippen molar-refractivity contribution in [2.45, 2.75) is 52.5 Å². The third-order valence-electron chi connectivity index (χ3n) is 3.80. The summed E-state index contributed by atoms with van der Waals surface area (Å²) in [6.07, 6.45) is 5.76. The average molecular weight is 280 g/mol. The van der Waals surface area contributed by atoms with Crippen LogP contribution in [0, 0.1) is 5.92 Å². The van der Waals surface area contributed by atoms with Gasteiger partial charge in [0.05, 0.1) is 6.54 Å². The Kier molecular flexibility index (Phi) is 6.47. The van der Waals surface area contributed by atoms with Gasteiger partial charge in [0.2, 0.25) is 5.89 Å². The second-order valence-electron chi connectivity index (χ2n) is 5.80. The minimum atomic E-state index is 0.761. The van der Waals surface area contributed by atoms with Gasteiger partial charge >= 0.3 is 0 Å². The molecular formula is C15H28N4O. The quantitative estimate of drug-likeness (QED) is 0.740. The maximum Gasteiger partial charge on any atom is 0.226 e. The molecule has 2 rings (SSSR count). The van der Waals surface area contributed by atoms with Gasteiger partial charge in [-0.25, -0.2) is 0 Å². The Bertz CT molecular complexity index is 380. The number of nitrogens with zero attached hydrogens (tertiary/aromatic N) is 3. The number of aromatic nitrogens is 2.